The van der Waals surface area contributed by atoms with Gasteiger partial charge in [-0.1, -0.05) is 36.4 Å². The quantitative estimate of drug-likeness (QED) is 0.674. The van der Waals surface area contributed by atoms with Crippen molar-refractivity contribution in [3.05, 3.63) is 76.1 Å². The van der Waals surface area contributed by atoms with Crippen molar-refractivity contribution in [1.82, 2.24) is 4.98 Å². The topological polar surface area (TPSA) is 82.6 Å². The summed E-state index contributed by atoms with van der Waals surface area (Å²) < 4.78 is 5.81. The van der Waals surface area contributed by atoms with Crippen molar-refractivity contribution in [2.45, 2.75) is 12.7 Å². The highest BCUT2D eigenvalue weighted by Crippen LogP contribution is 2.30. The van der Waals surface area contributed by atoms with Crippen LogP contribution in [0.15, 0.2) is 59.4 Å². The lowest BCUT2D eigenvalue weighted by Crippen LogP contribution is -2.08. The van der Waals surface area contributed by atoms with Crippen LogP contribution in [0, 0.1) is 0 Å². The van der Waals surface area contributed by atoms with E-state index in [-0.39, 0.29) is 5.56 Å². The second kappa shape index (κ2) is 6.64. The Morgan fingerprint density at radius 2 is 1.83 bits per heavy atom. The molecule has 0 amide bonds. The number of rotatable bonds is 5. The largest absolute Gasteiger partial charge is 0.487 e. The van der Waals surface area contributed by atoms with Crippen LogP contribution < -0.4 is 10.3 Å². The summed E-state index contributed by atoms with van der Waals surface area (Å²) >= 11 is 0. The molecular weight excluding hydrogens is 294 g/mol. The van der Waals surface area contributed by atoms with Crippen LogP contribution in [-0.4, -0.2) is 21.8 Å². The molecule has 0 saturated heterocycles. The zero-order chi connectivity index (χ0) is 16.2. The van der Waals surface area contributed by atoms with Gasteiger partial charge in [0.25, 0.3) is 0 Å². The van der Waals surface area contributed by atoms with E-state index in [9.17, 15) is 15.0 Å². The smallest absolute Gasteiger partial charge is 0.248 e. The van der Waals surface area contributed by atoms with Gasteiger partial charge in [-0.25, -0.2) is 0 Å². The van der Waals surface area contributed by atoms with Gasteiger partial charge in [-0.2, -0.15) is 0 Å². The van der Waals surface area contributed by atoms with E-state index < -0.39 is 12.7 Å². The molecule has 0 aliphatic rings. The number of aliphatic hydroxyl groups is 2. The Bertz CT molecular complexity index is 858. The number of benzene rings is 2. The molecule has 0 fully saturated rings. The van der Waals surface area contributed by atoms with Crippen LogP contribution in [0.5, 0.6) is 5.75 Å². The van der Waals surface area contributed by atoms with Crippen molar-refractivity contribution in [3.63, 3.8) is 0 Å². The number of fused-ring (bicyclic) bond motifs is 1. The number of nitrogens with one attached hydrogen (secondary N) is 1. The minimum Gasteiger partial charge on any atom is -0.487 e. The summed E-state index contributed by atoms with van der Waals surface area (Å²) in [7, 11) is 0. The van der Waals surface area contributed by atoms with E-state index in [0.29, 0.717) is 28.8 Å². The molecule has 0 aliphatic carbocycles. The van der Waals surface area contributed by atoms with Crippen molar-refractivity contribution >= 4 is 10.9 Å². The van der Waals surface area contributed by atoms with Gasteiger partial charge in [0.05, 0.1) is 12.1 Å². The predicted molar refractivity (Wildman–Crippen MR) is 87.4 cm³/mol. The first kappa shape index (κ1) is 15.3. The van der Waals surface area contributed by atoms with Crippen LogP contribution in [0.3, 0.4) is 0 Å². The molecule has 5 nitrogen and oxygen atoms in total. The third-order valence-electron chi connectivity index (χ3n) is 3.66. The number of pyridine rings is 1. The van der Waals surface area contributed by atoms with E-state index in [4.69, 9.17) is 4.74 Å². The molecule has 1 atom stereocenters. The average molecular weight is 311 g/mol. The summed E-state index contributed by atoms with van der Waals surface area (Å²) in [4.78, 5) is 14.4. The fourth-order valence-electron chi connectivity index (χ4n) is 2.49. The minimum absolute atomic E-state index is 0.252. The molecule has 3 N–H and O–H groups in total. The van der Waals surface area contributed by atoms with Crippen molar-refractivity contribution in [3.8, 4) is 5.75 Å². The molecule has 23 heavy (non-hydrogen) atoms. The molecule has 0 bridgehead atoms. The van der Waals surface area contributed by atoms with Gasteiger partial charge < -0.3 is 19.9 Å². The second-order valence-electron chi connectivity index (χ2n) is 5.24. The molecule has 2 aromatic carbocycles. The van der Waals surface area contributed by atoms with Crippen molar-refractivity contribution in [1.29, 1.82) is 0 Å². The van der Waals surface area contributed by atoms with Gasteiger partial charge in [0.1, 0.15) is 18.5 Å². The zero-order valence-corrected chi connectivity index (χ0v) is 12.4. The van der Waals surface area contributed by atoms with Gasteiger partial charge in [0.2, 0.25) is 5.56 Å². The van der Waals surface area contributed by atoms with Crippen molar-refractivity contribution < 1.29 is 14.9 Å². The SMILES string of the molecule is O=c1ccc2c([C@@H](O)CO)ccc(OCc3ccccc3)c2[nH]1. The second-order valence-corrected chi connectivity index (χ2v) is 5.24. The highest BCUT2D eigenvalue weighted by molar-refractivity contribution is 5.87. The molecule has 0 radical (unpaired) electrons. The van der Waals surface area contributed by atoms with Gasteiger partial charge in [0.15, 0.2) is 0 Å². The van der Waals surface area contributed by atoms with Gasteiger partial charge in [0, 0.05) is 11.5 Å². The van der Waals surface area contributed by atoms with E-state index in [1.54, 1.807) is 18.2 Å². The molecular formula is C18H17NO4. The molecule has 3 rings (SSSR count). The Kier molecular flexibility index (Phi) is 4.41. The molecule has 0 unspecified atom stereocenters. The fourth-order valence-corrected chi connectivity index (χ4v) is 2.49. The Morgan fingerprint density at radius 1 is 1.04 bits per heavy atom. The highest BCUT2D eigenvalue weighted by atomic mass is 16.5. The van der Waals surface area contributed by atoms with Gasteiger partial charge in [-0.05, 0) is 23.3 Å². The summed E-state index contributed by atoms with van der Waals surface area (Å²) in [6.07, 6.45) is -1.01. The molecule has 0 saturated carbocycles. The van der Waals surface area contributed by atoms with Crippen LogP contribution in [-0.2, 0) is 6.61 Å². The number of H-pyrrole nitrogens is 1. The maximum atomic E-state index is 11.6. The van der Waals surface area contributed by atoms with E-state index in [2.05, 4.69) is 4.98 Å². The number of aliphatic hydroxyl groups excluding tert-OH is 2. The highest BCUT2D eigenvalue weighted by Gasteiger charge is 2.14. The van der Waals surface area contributed by atoms with Crippen LogP contribution >= 0.6 is 0 Å². The van der Waals surface area contributed by atoms with E-state index in [0.717, 1.165) is 5.56 Å². The Hall–Kier alpha value is -2.63. The fraction of sp³-hybridized carbons (Fsp3) is 0.167. The van der Waals surface area contributed by atoms with Crippen molar-refractivity contribution in [2.24, 2.45) is 0 Å². The first-order chi connectivity index (χ1) is 11.2. The summed E-state index contributed by atoms with van der Waals surface area (Å²) in [6, 6.07) is 16.1. The van der Waals surface area contributed by atoms with E-state index in [1.165, 1.54) is 6.07 Å². The normalized spacial score (nSPS) is 12.3. The third-order valence-corrected chi connectivity index (χ3v) is 3.66. The van der Waals surface area contributed by atoms with E-state index >= 15 is 0 Å². The monoisotopic (exact) mass is 311 g/mol. The number of aromatic amines is 1. The summed E-state index contributed by atoms with van der Waals surface area (Å²) in [5.74, 6) is 0.524. The lowest BCUT2D eigenvalue weighted by Gasteiger charge is -2.14. The number of hydrogen-bond acceptors (Lipinski definition) is 4. The molecule has 5 heteroatoms. The lowest BCUT2D eigenvalue weighted by atomic mass is 10.0. The standard InChI is InChI=1S/C18H17NO4/c20-10-15(21)13-6-8-16(18-14(13)7-9-17(22)19-18)23-11-12-4-2-1-3-5-12/h1-9,15,20-21H,10-11H2,(H,19,22)/t15-/m0/s1. The van der Waals surface area contributed by atoms with Gasteiger partial charge >= 0.3 is 0 Å². The van der Waals surface area contributed by atoms with Crippen LogP contribution in [0.2, 0.25) is 0 Å². The zero-order valence-electron chi connectivity index (χ0n) is 12.4. The van der Waals surface area contributed by atoms with Crippen molar-refractivity contribution in [2.75, 3.05) is 6.61 Å². The average Bonchev–Trinajstić information content (AvgIpc) is 2.59. The number of ether oxygens (including phenoxy) is 1. The Balaban J connectivity index is 2.00. The Morgan fingerprint density at radius 3 is 2.57 bits per heavy atom. The summed E-state index contributed by atoms with van der Waals surface area (Å²) in [5.41, 5.74) is 1.82. The minimum atomic E-state index is -1.01. The Labute approximate surface area is 132 Å². The van der Waals surface area contributed by atoms with Crippen LogP contribution in [0.1, 0.15) is 17.2 Å². The first-order valence-electron chi connectivity index (χ1n) is 7.30. The predicted octanol–water partition coefficient (Wildman–Crippen LogP) is 2.13. The summed E-state index contributed by atoms with van der Waals surface area (Å²) in [5, 5.41) is 19.7. The molecule has 1 heterocycles. The van der Waals surface area contributed by atoms with Crippen LogP contribution in [0.4, 0.5) is 0 Å². The maximum absolute atomic E-state index is 11.6. The molecule has 3 aromatic rings. The van der Waals surface area contributed by atoms with Crippen LogP contribution in [0.25, 0.3) is 10.9 Å². The number of hydrogen-bond donors (Lipinski definition) is 3. The molecule has 0 spiro atoms. The third kappa shape index (κ3) is 3.26. The number of aromatic nitrogens is 1. The molecule has 118 valence electrons. The lowest BCUT2D eigenvalue weighted by molar-refractivity contribution is 0.0967. The molecule has 0 aliphatic heterocycles. The maximum Gasteiger partial charge on any atom is 0.248 e. The van der Waals surface area contributed by atoms with E-state index in [1.807, 2.05) is 30.3 Å². The summed E-state index contributed by atoms with van der Waals surface area (Å²) in [6.45, 7) is -0.0206. The van der Waals surface area contributed by atoms with Gasteiger partial charge in [-0.3, -0.25) is 4.79 Å². The first-order valence-corrected chi connectivity index (χ1v) is 7.30. The molecule has 1 aromatic heterocycles. The van der Waals surface area contributed by atoms with Gasteiger partial charge in [-0.15, -0.1) is 0 Å².